The number of halogens is 3. The fourth-order valence-corrected chi connectivity index (χ4v) is 3.02. The van der Waals surface area contributed by atoms with Gasteiger partial charge in [-0.25, -0.2) is 5.43 Å². The molecule has 3 aromatic carbocycles. The van der Waals surface area contributed by atoms with Gasteiger partial charge in [-0.15, -0.1) is 0 Å². The third-order valence-electron chi connectivity index (χ3n) is 4.86. The number of carbonyl (C=O) groups excluding carboxylic acids is 3. The number of nitrogens with zero attached hydrogens (tertiary/aromatic N) is 1. The Morgan fingerprint density at radius 3 is 2.32 bits per heavy atom. The molecule has 0 aliphatic heterocycles. The summed E-state index contributed by atoms with van der Waals surface area (Å²) >= 11 is 0. The number of ether oxygens (including phenoxy) is 1. The van der Waals surface area contributed by atoms with E-state index >= 15 is 0 Å². The lowest BCUT2D eigenvalue weighted by Gasteiger charge is -2.09. The van der Waals surface area contributed by atoms with Gasteiger partial charge in [0.2, 0.25) is 0 Å². The molecule has 3 rings (SSSR count). The normalized spacial score (nSPS) is 11.1. The van der Waals surface area contributed by atoms with E-state index in [9.17, 15) is 27.6 Å². The Balaban J connectivity index is 1.39. The number of benzene rings is 3. The van der Waals surface area contributed by atoms with Gasteiger partial charge in [0.1, 0.15) is 5.75 Å². The highest BCUT2D eigenvalue weighted by Crippen LogP contribution is 2.30. The van der Waals surface area contributed by atoms with E-state index in [4.69, 9.17) is 4.74 Å². The first kappa shape index (κ1) is 26.9. The quantitative estimate of drug-likeness (QED) is 0.232. The monoisotopic (exact) mass is 512 g/mol. The summed E-state index contributed by atoms with van der Waals surface area (Å²) in [4.78, 5) is 35.7. The van der Waals surface area contributed by atoms with Crippen molar-refractivity contribution in [3.05, 3.63) is 95.6 Å². The van der Waals surface area contributed by atoms with Crippen molar-refractivity contribution in [2.24, 2.45) is 5.10 Å². The summed E-state index contributed by atoms with van der Waals surface area (Å²) in [6.07, 6.45) is -2.61. The van der Waals surface area contributed by atoms with Crippen LogP contribution in [0.15, 0.2) is 84.0 Å². The van der Waals surface area contributed by atoms with Gasteiger partial charge in [0.05, 0.1) is 11.8 Å². The van der Waals surface area contributed by atoms with Crippen LogP contribution in [0, 0.1) is 0 Å². The second-order valence-corrected chi connectivity index (χ2v) is 7.68. The number of hydrogen-bond acceptors (Lipinski definition) is 5. The maximum Gasteiger partial charge on any atom is 0.416 e. The second-order valence-electron chi connectivity index (χ2n) is 7.68. The van der Waals surface area contributed by atoms with Crippen molar-refractivity contribution >= 4 is 29.6 Å². The van der Waals surface area contributed by atoms with Crippen LogP contribution in [0.3, 0.4) is 0 Å². The fourth-order valence-electron chi connectivity index (χ4n) is 3.02. The summed E-state index contributed by atoms with van der Waals surface area (Å²) < 4.78 is 43.7. The first-order valence-electron chi connectivity index (χ1n) is 11.1. The van der Waals surface area contributed by atoms with Gasteiger partial charge in [-0.3, -0.25) is 14.4 Å². The summed E-state index contributed by atoms with van der Waals surface area (Å²) in [5.74, 6) is -2.15. The Kier molecular flexibility index (Phi) is 9.36. The van der Waals surface area contributed by atoms with Crippen molar-refractivity contribution in [2.45, 2.75) is 12.6 Å². The molecule has 0 aromatic heterocycles. The number of alkyl halides is 3. The topological polar surface area (TPSA) is 109 Å². The standard InChI is InChI=1S/C26H23F3N4O4/c27-26(28,29)20-7-4-8-21(15-20)32-24(35)25(36)33-31-16-19-9-11-22(12-10-19)37-17-23(34)30-14-13-18-5-2-1-3-6-18/h1-12,15-16H,13-14,17H2,(H,30,34)(H,32,35)(H,33,36)/b31-16-. The third kappa shape index (κ3) is 9.13. The Hall–Kier alpha value is -4.67. The molecule has 0 fully saturated rings. The van der Waals surface area contributed by atoms with E-state index in [0.717, 1.165) is 17.7 Å². The van der Waals surface area contributed by atoms with Crippen LogP contribution in [-0.4, -0.2) is 37.1 Å². The van der Waals surface area contributed by atoms with Crippen LogP contribution in [0.4, 0.5) is 18.9 Å². The average Bonchev–Trinajstić information content (AvgIpc) is 2.88. The molecule has 0 heterocycles. The van der Waals surface area contributed by atoms with Crippen molar-refractivity contribution in [1.29, 1.82) is 0 Å². The second kappa shape index (κ2) is 12.9. The zero-order chi connectivity index (χ0) is 26.7. The summed E-state index contributed by atoms with van der Waals surface area (Å²) in [5, 5.41) is 8.51. The first-order chi connectivity index (χ1) is 17.7. The molecule has 0 atom stereocenters. The highest BCUT2D eigenvalue weighted by Gasteiger charge is 2.30. The van der Waals surface area contributed by atoms with Crippen LogP contribution < -0.4 is 20.8 Å². The van der Waals surface area contributed by atoms with E-state index < -0.39 is 23.6 Å². The molecule has 3 N–H and O–H groups in total. The molecule has 0 aliphatic carbocycles. The minimum Gasteiger partial charge on any atom is -0.484 e. The Labute approximate surface area is 210 Å². The molecule has 192 valence electrons. The van der Waals surface area contributed by atoms with Crippen molar-refractivity contribution in [3.63, 3.8) is 0 Å². The van der Waals surface area contributed by atoms with Gasteiger partial charge in [0.15, 0.2) is 6.61 Å². The van der Waals surface area contributed by atoms with Crippen molar-refractivity contribution in [2.75, 3.05) is 18.5 Å². The molecule has 0 radical (unpaired) electrons. The lowest BCUT2D eigenvalue weighted by atomic mass is 10.1. The minimum absolute atomic E-state index is 0.153. The lowest BCUT2D eigenvalue weighted by Crippen LogP contribution is -2.32. The summed E-state index contributed by atoms with van der Waals surface area (Å²) in [7, 11) is 0. The van der Waals surface area contributed by atoms with Crippen LogP contribution >= 0.6 is 0 Å². The highest BCUT2D eigenvalue weighted by molar-refractivity contribution is 6.39. The van der Waals surface area contributed by atoms with Gasteiger partial charge in [-0.1, -0.05) is 36.4 Å². The minimum atomic E-state index is -4.58. The molecule has 3 amide bonds. The smallest absolute Gasteiger partial charge is 0.416 e. The molecule has 0 bridgehead atoms. The molecule has 0 saturated heterocycles. The van der Waals surface area contributed by atoms with E-state index in [2.05, 4.69) is 15.7 Å². The number of anilines is 1. The van der Waals surface area contributed by atoms with Crippen molar-refractivity contribution in [3.8, 4) is 5.75 Å². The summed E-state index contributed by atoms with van der Waals surface area (Å²) in [6.45, 7) is 0.338. The Morgan fingerprint density at radius 2 is 1.62 bits per heavy atom. The zero-order valence-corrected chi connectivity index (χ0v) is 19.4. The largest absolute Gasteiger partial charge is 0.484 e. The van der Waals surface area contributed by atoms with Crippen LogP contribution in [-0.2, 0) is 27.0 Å². The molecule has 0 unspecified atom stereocenters. The Bertz CT molecular complexity index is 1250. The number of hydrazone groups is 1. The van der Waals surface area contributed by atoms with Crippen LogP contribution in [0.1, 0.15) is 16.7 Å². The number of carbonyl (C=O) groups is 3. The molecule has 37 heavy (non-hydrogen) atoms. The number of rotatable bonds is 9. The van der Waals surface area contributed by atoms with E-state index in [1.165, 1.54) is 12.3 Å². The summed E-state index contributed by atoms with van der Waals surface area (Å²) in [5.41, 5.74) is 2.53. The molecule has 8 nitrogen and oxygen atoms in total. The van der Waals surface area contributed by atoms with Gasteiger partial charge >= 0.3 is 18.0 Å². The van der Waals surface area contributed by atoms with E-state index in [1.807, 2.05) is 35.8 Å². The highest BCUT2D eigenvalue weighted by atomic mass is 19.4. The average molecular weight is 512 g/mol. The van der Waals surface area contributed by atoms with Gasteiger partial charge < -0.3 is 15.4 Å². The number of hydrogen-bond donors (Lipinski definition) is 3. The molecule has 0 spiro atoms. The zero-order valence-electron chi connectivity index (χ0n) is 19.4. The van der Waals surface area contributed by atoms with Crippen molar-refractivity contribution < 1.29 is 32.3 Å². The van der Waals surface area contributed by atoms with Crippen LogP contribution in [0.25, 0.3) is 0 Å². The molecule has 3 aromatic rings. The maximum atomic E-state index is 12.8. The van der Waals surface area contributed by atoms with Gasteiger partial charge in [0, 0.05) is 12.2 Å². The van der Waals surface area contributed by atoms with E-state index in [0.29, 0.717) is 30.3 Å². The van der Waals surface area contributed by atoms with Crippen molar-refractivity contribution in [1.82, 2.24) is 10.7 Å². The van der Waals surface area contributed by atoms with Gasteiger partial charge in [-0.2, -0.15) is 18.3 Å². The van der Waals surface area contributed by atoms with E-state index in [1.54, 1.807) is 24.3 Å². The lowest BCUT2D eigenvalue weighted by molar-refractivity contribution is -0.137. The van der Waals surface area contributed by atoms with Crippen LogP contribution in [0.5, 0.6) is 5.75 Å². The molecular formula is C26H23F3N4O4. The first-order valence-corrected chi connectivity index (χ1v) is 11.1. The maximum absolute atomic E-state index is 12.8. The molecule has 11 heteroatoms. The predicted molar refractivity (Wildman–Crippen MR) is 131 cm³/mol. The van der Waals surface area contributed by atoms with Gasteiger partial charge in [-0.05, 0) is 60.0 Å². The predicted octanol–water partition coefficient (Wildman–Crippen LogP) is 3.53. The fraction of sp³-hybridized carbons (Fsp3) is 0.154. The number of amides is 3. The third-order valence-corrected chi connectivity index (χ3v) is 4.86. The van der Waals surface area contributed by atoms with Gasteiger partial charge in [0.25, 0.3) is 5.91 Å². The number of nitrogens with one attached hydrogen (secondary N) is 3. The molecular weight excluding hydrogens is 489 g/mol. The van der Waals surface area contributed by atoms with E-state index in [-0.39, 0.29) is 18.2 Å². The molecule has 0 aliphatic rings. The summed E-state index contributed by atoms with van der Waals surface area (Å²) in [6, 6.07) is 20.1. The van der Waals surface area contributed by atoms with Crippen LogP contribution in [0.2, 0.25) is 0 Å². The SMILES string of the molecule is O=C(COc1ccc(/C=N\NC(=O)C(=O)Nc2cccc(C(F)(F)F)c2)cc1)NCCc1ccccc1. The Morgan fingerprint density at radius 1 is 0.892 bits per heavy atom. The molecule has 0 saturated carbocycles.